The number of aromatic nitrogens is 6. The second kappa shape index (κ2) is 8.88. The van der Waals surface area contributed by atoms with E-state index in [0.29, 0.717) is 34.9 Å². The zero-order valence-electron chi connectivity index (χ0n) is 19.1. The van der Waals surface area contributed by atoms with Gasteiger partial charge in [-0.15, -0.1) is 5.92 Å². The third-order valence-corrected chi connectivity index (χ3v) is 5.36. The lowest BCUT2D eigenvalue weighted by Gasteiger charge is -2.20. The van der Waals surface area contributed by atoms with Crippen molar-refractivity contribution in [3.8, 4) is 11.8 Å². The zero-order valence-corrected chi connectivity index (χ0v) is 19.1. The summed E-state index contributed by atoms with van der Waals surface area (Å²) in [5.41, 5.74) is 7.72. The van der Waals surface area contributed by atoms with Gasteiger partial charge >= 0.3 is 5.69 Å². The number of pyridine rings is 2. The van der Waals surface area contributed by atoms with Crippen molar-refractivity contribution in [2.75, 3.05) is 18.5 Å². The van der Waals surface area contributed by atoms with Crippen LogP contribution in [0, 0.1) is 11.8 Å². The van der Waals surface area contributed by atoms with Crippen LogP contribution in [0.4, 0.5) is 5.95 Å². The van der Waals surface area contributed by atoms with E-state index >= 15 is 0 Å². The number of rotatable bonds is 6. The molecule has 0 saturated heterocycles. The van der Waals surface area contributed by atoms with Gasteiger partial charge in [0.25, 0.3) is 5.56 Å². The Morgan fingerprint density at radius 1 is 1.15 bits per heavy atom. The van der Waals surface area contributed by atoms with E-state index in [9.17, 15) is 9.59 Å². The number of hydrogen-bond donors (Lipinski definition) is 1. The maximum atomic E-state index is 13.6. The molecule has 0 radical (unpaired) electrons. The van der Waals surface area contributed by atoms with Crippen LogP contribution in [0.1, 0.15) is 19.5 Å². The fourth-order valence-electron chi connectivity index (χ4n) is 3.86. The molecule has 0 amide bonds. The Balaban J connectivity index is 1.91. The average molecular weight is 447 g/mol. The molecule has 4 heterocycles. The third kappa shape index (κ3) is 4.10. The number of imidazole rings is 1. The molecule has 0 fully saturated rings. The van der Waals surface area contributed by atoms with E-state index in [-0.39, 0.29) is 19.1 Å². The largest absolute Gasteiger partial charge is 0.344 e. The van der Waals surface area contributed by atoms with E-state index in [2.05, 4.69) is 26.8 Å². The molecule has 4 rings (SSSR count). The molecule has 10 nitrogen and oxygen atoms in total. The highest BCUT2D eigenvalue weighted by Gasteiger charge is 2.22. The molecule has 2 N–H and O–H groups in total. The van der Waals surface area contributed by atoms with Crippen molar-refractivity contribution in [2.45, 2.75) is 33.0 Å². The molecule has 4 aromatic heterocycles. The minimum Gasteiger partial charge on any atom is -0.344 e. The number of likely N-dealkylation sites (N-methyl/N-ethyl adjacent to an activating group) is 1. The van der Waals surface area contributed by atoms with E-state index in [1.165, 1.54) is 9.13 Å². The van der Waals surface area contributed by atoms with E-state index in [1.807, 2.05) is 31.0 Å². The van der Waals surface area contributed by atoms with E-state index in [0.717, 1.165) is 5.52 Å². The summed E-state index contributed by atoms with van der Waals surface area (Å²) in [7, 11) is 3.46. The Labute approximate surface area is 190 Å². The van der Waals surface area contributed by atoms with E-state index in [1.54, 1.807) is 36.9 Å². The van der Waals surface area contributed by atoms with Gasteiger partial charge in [0.2, 0.25) is 5.95 Å². The topological polar surface area (TPSA) is 117 Å². The molecule has 0 aliphatic rings. The third-order valence-electron chi connectivity index (χ3n) is 5.36. The maximum absolute atomic E-state index is 13.6. The van der Waals surface area contributed by atoms with E-state index < -0.39 is 11.2 Å². The van der Waals surface area contributed by atoms with Crippen molar-refractivity contribution in [3.05, 3.63) is 57.0 Å². The molecule has 170 valence electrons. The Hall–Kier alpha value is -3.97. The van der Waals surface area contributed by atoms with Gasteiger partial charge in [-0.25, -0.2) is 9.78 Å². The van der Waals surface area contributed by atoms with E-state index in [4.69, 9.17) is 5.73 Å². The van der Waals surface area contributed by atoms with Gasteiger partial charge < -0.3 is 10.6 Å². The molecule has 0 spiro atoms. The summed E-state index contributed by atoms with van der Waals surface area (Å²) in [6, 6.07) is 7.13. The Morgan fingerprint density at radius 2 is 1.94 bits per heavy atom. The van der Waals surface area contributed by atoms with Gasteiger partial charge in [0.1, 0.15) is 0 Å². The molecule has 0 aliphatic heterocycles. The standard InChI is InChI=1S/C23H26N8O2/c1-5-6-12-30-19-20(27-22(30)28(3)13-15(2)24)29(4)23(33)31(21(19)32)14-16-9-10-17-18(26-16)8-7-11-25-17/h7-11,15H,12-14,24H2,1-4H3. The van der Waals surface area contributed by atoms with Gasteiger partial charge in [0, 0.05) is 32.9 Å². The predicted molar refractivity (Wildman–Crippen MR) is 128 cm³/mol. The summed E-state index contributed by atoms with van der Waals surface area (Å²) in [6.07, 6.45) is 1.69. The summed E-state index contributed by atoms with van der Waals surface area (Å²) >= 11 is 0. The summed E-state index contributed by atoms with van der Waals surface area (Å²) in [6.45, 7) is 4.45. The summed E-state index contributed by atoms with van der Waals surface area (Å²) < 4.78 is 4.31. The Bertz CT molecular complexity index is 1520. The molecule has 0 aromatic carbocycles. The van der Waals surface area contributed by atoms with Crippen LogP contribution in [0.2, 0.25) is 0 Å². The second-order valence-electron chi connectivity index (χ2n) is 8.03. The molecule has 0 aliphatic carbocycles. The number of anilines is 1. The second-order valence-corrected chi connectivity index (χ2v) is 8.03. The summed E-state index contributed by atoms with van der Waals surface area (Å²) in [4.78, 5) is 42.0. The molecule has 4 aromatic rings. The summed E-state index contributed by atoms with van der Waals surface area (Å²) in [5.74, 6) is 6.39. The molecule has 1 unspecified atom stereocenters. The molecular formula is C23H26N8O2. The van der Waals surface area contributed by atoms with Crippen molar-refractivity contribution in [3.63, 3.8) is 0 Å². The van der Waals surface area contributed by atoms with Crippen LogP contribution in [0.5, 0.6) is 0 Å². The van der Waals surface area contributed by atoms with Crippen molar-refractivity contribution in [1.82, 2.24) is 28.7 Å². The smallest absolute Gasteiger partial charge is 0.332 e. The van der Waals surface area contributed by atoms with Crippen LogP contribution in [-0.2, 0) is 20.1 Å². The first-order valence-corrected chi connectivity index (χ1v) is 10.6. The van der Waals surface area contributed by atoms with Crippen molar-refractivity contribution < 1.29 is 0 Å². The van der Waals surface area contributed by atoms with Crippen LogP contribution in [0.25, 0.3) is 22.2 Å². The molecule has 33 heavy (non-hydrogen) atoms. The zero-order chi connectivity index (χ0) is 23.7. The number of nitrogens with two attached hydrogens (primary N) is 1. The van der Waals surface area contributed by atoms with Crippen LogP contribution in [0.3, 0.4) is 0 Å². The quantitative estimate of drug-likeness (QED) is 0.433. The molecule has 0 saturated carbocycles. The molecule has 1 atom stereocenters. The number of hydrogen-bond acceptors (Lipinski definition) is 7. The van der Waals surface area contributed by atoms with Gasteiger partial charge in [-0.05, 0) is 38.1 Å². The minimum atomic E-state index is -0.465. The highest BCUT2D eigenvalue weighted by Crippen LogP contribution is 2.19. The maximum Gasteiger partial charge on any atom is 0.332 e. The fourth-order valence-corrected chi connectivity index (χ4v) is 3.86. The predicted octanol–water partition coefficient (Wildman–Crippen LogP) is 0.695. The highest BCUT2D eigenvalue weighted by molar-refractivity contribution is 5.75. The van der Waals surface area contributed by atoms with Crippen molar-refractivity contribution >= 4 is 28.1 Å². The number of aryl methyl sites for hydroxylation is 1. The van der Waals surface area contributed by atoms with Crippen LogP contribution < -0.4 is 21.9 Å². The van der Waals surface area contributed by atoms with Gasteiger partial charge in [0.15, 0.2) is 11.2 Å². The highest BCUT2D eigenvalue weighted by atomic mass is 16.2. The first-order valence-electron chi connectivity index (χ1n) is 10.6. The van der Waals surface area contributed by atoms with Crippen LogP contribution >= 0.6 is 0 Å². The van der Waals surface area contributed by atoms with Gasteiger partial charge in [0.05, 0.1) is 29.8 Å². The van der Waals surface area contributed by atoms with Gasteiger partial charge in [-0.3, -0.25) is 23.5 Å². The average Bonchev–Trinajstić information content (AvgIpc) is 3.18. The van der Waals surface area contributed by atoms with Crippen molar-refractivity contribution in [1.29, 1.82) is 0 Å². The molecule has 10 heteroatoms. The first kappa shape index (κ1) is 22.2. The summed E-state index contributed by atoms with van der Waals surface area (Å²) in [5, 5.41) is 0. The molecule has 0 bridgehead atoms. The van der Waals surface area contributed by atoms with Crippen molar-refractivity contribution in [2.24, 2.45) is 12.8 Å². The first-order chi connectivity index (χ1) is 15.8. The lowest BCUT2D eigenvalue weighted by molar-refractivity contribution is 0.645. The number of nitrogens with zero attached hydrogens (tertiary/aromatic N) is 7. The Kier molecular flexibility index (Phi) is 5.98. The van der Waals surface area contributed by atoms with Crippen LogP contribution in [-0.4, -0.2) is 48.3 Å². The van der Waals surface area contributed by atoms with Gasteiger partial charge in [-0.2, -0.15) is 4.98 Å². The monoisotopic (exact) mass is 446 g/mol. The van der Waals surface area contributed by atoms with Crippen LogP contribution in [0.15, 0.2) is 40.1 Å². The Morgan fingerprint density at radius 3 is 2.67 bits per heavy atom. The normalized spacial score (nSPS) is 12.0. The molecular weight excluding hydrogens is 420 g/mol. The SMILES string of the molecule is CC#CCn1c(N(C)CC(C)N)nc2c1c(=O)n(Cc1ccc3ncccc3n1)c(=O)n2C. The minimum absolute atomic E-state index is 0.0297. The fraction of sp³-hybridized carbons (Fsp3) is 0.348. The lowest BCUT2D eigenvalue weighted by atomic mass is 10.2. The number of fused-ring (bicyclic) bond motifs is 2. The lowest BCUT2D eigenvalue weighted by Crippen LogP contribution is -2.40. The van der Waals surface area contributed by atoms with Gasteiger partial charge in [-0.1, -0.05) is 5.92 Å².